The molecular weight excluding hydrogens is 315 g/mol. The summed E-state index contributed by atoms with van der Waals surface area (Å²) >= 11 is 0. The normalized spacial score (nSPS) is 10.9. The number of nitriles is 1. The van der Waals surface area contributed by atoms with Gasteiger partial charge < -0.3 is 10.3 Å². The summed E-state index contributed by atoms with van der Waals surface area (Å²) in [5, 5.41) is 14.5. The van der Waals surface area contributed by atoms with E-state index >= 15 is 0 Å². The van der Waals surface area contributed by atoms with Crippen LogP contribution in [0.2, 0.25) is 0 Å². The summed E-state index contributed by atoms with van der Waals surface area (Å²) in [5.41, 5.74) is 4.01. The van der Waals surface area contributed by atoms with Crippen molar-refractivity contribution >= 4 is 27.5 Å². The molecule has 0 aliphatic carbocycles. The molecule has 4 nitrogen and oxygen atoms in total. The van der Waals surface area contributed by atoms with E-state index in [-0.39, 0.29) is 5.82 Å². The molecule has 0 aliphatic heterocycles. The topological polar surface area (TPSA) is 64.5 Å². The van der Waals surface area contributed by atoms with Gasteiger partial charge in [-0.25, -0.2) is 4.39 Å². The first-order chi connectivity index (χ1) is 12.3. The summed E-state index contributed by atoms with van der Waals surface area (Å²) in [5.74, 6) is -0.343. The molecule has 4 rings (SSSR count). The zero-order chi connectivity index (χ0) is 17.2. The Kier molecular flexibility index (Phi) is 3.79. The molecule has 5 heteroatoms. The van der Waals surface area contributed by atoms with Crippen LogP contribution in [0, 0.1) is 17.1 Å². The van der Waals surface area contributed by atoms with Gasteiger partial charge in [-0.3, -0.25) is 4.98 Å². The molecule has 0 spiro atoms. The monoisotopic (exact) mass is 330 g/mol. The number of aromatic amines is 1. The van der Waals surface area contributed by atoms with Crippen molar-refractivity contribution in [2.24, 2.45) is 0 Å². The van der Waals surface area contributed by atoms with Crippen molar-refractivity contribution in [2.45, 2.75) is 6.42 Å². The van der Waals surface area contributed by atoms with Crippen LogP contribution in [-0.4, -0.2) is 16.5 Å². The molecule has 4 aromatic rings. The summed E-state index contributed by atoms with van der Waals surface area (Å²) in [6.45, 7) is 0.631. The third kappa shape index (κ3) is 2.79. The van der Waals surface area contributed by atoms with Crippen molar-refractivity contribution < 1.29 is 4.39 Å². The van der Waals surface area contributed by atoms with Crippen LogP contribution in [0.5, 0.6) is 0 Å². The molecule has 0 saturated carbocycles. The summed E-state index contributed by atoms with van der Waals surface area (Å²) in [6, 6.07) is 14.7. The fraction of sp³-hybridized carbons (Fsp3) is 0.100. The van der Waals surface area contributed by atoms with Gasteiger partial charge in [-0.05, 0) is 36.2 Å². The Morgan fingerprint density at radius 3 is 2.92 bits per heavy atom. The number of H-pyrrole nitrogens is 1. The third-order valence-electron chi connectivity index (χ3n) is 4.32. The highest BCUT2D eigenvalue weighted by Gasteiger charge is 2.10. The first-order valence-electron chi connectivity index (χ1n) is 8.03. The van der Waals surface area contributed by atoms with Gasteiger partial charge in [0.1, 0.15) is 11.9 Å². The molecule has 25 heavy (non-hydrogen) atoms. The predicted molar refractivity (Wildman–Crippen MR) is 96.9 cm³/mol. The molecule has 0 aliphatic rings. The van der Waals surface area contributed by atoms with Crippen LogP contribution >= 0.6 is 0 Å². The number of benzene rings is 2. The van der Waals surface area contributed by atoms with Gasteiger partial charge in [0.05, 0.1) is 16.8 Å². The molecule has 2 aromatic heterocycles. The van der Waals surface area contributed by atoms with Crippen LogP contribution in [0.15, 0.2) is 54.9 Å². The van der Waals surface area contributed by atoms with E-state index in [2.05, 4.69) is 27.4 Å². The molecule has 0 fully saturated rings. The number of aromatic nitrogens is 2. The van der Waals surface area contributed by atoms with Gasteiger partial charge in [0, 0.05) is 35.2 Å². The zero-order valence-corrected chi connectivity index (χ0v) is 13.4. The van der Waals surface area contributed by atoms with E-state index in [9.17, 15) is 9.65 Å². The number of rotatable bonds is 4. The van der Waals surface area contributed by atoms with Gasteiger partial charge in [0.25, 0.3) is 0 Å². The lowest BCUT2D eigenvalue weighted by atomic mass is 10.1. The fourth-order valence-electron chi connectivity index (χ4n) is 3.10. The largest absolute Gasteiger partial charge is 0.383 e. The Labute approximate surface area is 143 Å². The first kappa shape index (κ1) is 15.2. The second-order valence-corrected chi connectivity index (χ2v) is 5.86. The van der Waals surface area contributed by atoms with Crippen LogP contribution in [0.4, 0.5) is 10.1 Å². The smallest absolute Gasteiger partial charge is 0.124 e. The van der Waals surface area contributed by atoms with E-state index in [0.29, 0.717) is 28.7 Å². The highest BCUT2D eigenvalue weighted by atomic mass is 19.1. The molecule has 0 radical (unpaired) electrons. The lowest BCUT2D eigenvalue weighted by Gasteiger charge is -2.11. The number of pyridine rings is 1. The second-order valence-electron chi connectivity index (χ2n) is 5.86. The van der Waals surface area contributed by atoms with Gasteiger partial charge in [-0.2, -0.15) is 5.26 Å². The van der Waals surface area contributed by atoms with Crippen LogP contribution in [0.25, 0.3) is 21.8 Å². The zero-order valence-electron chi connectivity index (χ0n) is 13.4. The molecule has 2 N–H and O–H groups in total. The van der Waals surface area contributed by atoms with Crippen molar-refractivity contribution in [1.82, 2.24) is 9.97 Å². The lowest BCUT2D eigenvalue weighted by molar-refractivity contribution is 0.629. The number of nitrogens with zero attached hydrogens (tertiary/aromatic N) is 2. The molecule has 2 aromatic carbocycles. The van der Waals surface area contributed by atoms with E-state index in [1.165, 1.54) is 29.3 Å². The molecule has 0 saturated heterocycles. The van der Waals surface area contributed by atoms with Crippen LogP contribution in [0.3, 0.4) is 0 Å². The SMILES string of the molecule is N#Cc1cnc2ccc(F)cc2c1NCCc1c[nH]c2ccccc12. The molecular formula is C20H15FN4. The van der Waals surface area contributed by atoms with E-state index < -0.39 is 0 Å². The lowest BCUT2D eigenvalue weighted by Crippen LogP contribution is -2.07. The summed E-state index contributed by atoms with van der Waals surface area (Å²) < 4.78 is 13.6. The van der Waals surface area contributed by atoms with Crippen molar-refractivity contribution in [3.63, 3.8) is 0 Å². The number of nitrogens with one attached hydrogen (secondary N) is 2. The average molecular weight is 330 g/mol. The molecule has 0 atom stereocenters. The van der Waals surface area contributed by atoms with Crippen molar-refractivity contribution in [1.29, 1.82) is 5.26 Å². The van der Waals surface area contributed by atoms with E-state index in [1.54, 1.807) is 6.07 Å². The van der Waals surface area contributed by atoms with Crippen molar-refractivity contribution in [2.75, 3.05) is 11.9 Å². The third-order valence-corrected chi connectivity index (χ3v) is 4.32. The number of hydrogen-bond acceptors (Lipinski definition) is 3. The summed E-state index contributed by atoms with van der Waals surface area (Å²) in [6.07, 6.45) is 4.31. The Bertz CT molecular complexity index is 1110. The van der Waals surface area contributed by atoms with Crippen molar-refractivity contribution in [3.05, 3.63) is 71.8 Å². The standard InChI is InChI=1S/C20H15FN4/c21-15-5-6-19-17(9-15)20(14(10-22)12-25-19)23-8-7-13-11-24-18-4-2-1-3-16(13)18/h1-6,9,11-12,24H,7-8H2,(H,23,25). The first-order valence-corrected chi connectivity index (χ1v) is 8.03. The number of anilines is 1. The minimum Gasteiger partial charge on any atom is -0.383 e. The Morgan fingerprint density at radius 2 is 2.04 bits per heavy atom. The summed E-state index contributed by atoms with van der Waals surface area (Å²) in [4.78, 5) is 7.48. The number of para-hydroxylation sites is 1. The maximum absolute atomic E-state index is 13.6. The minimum absolute atomic E-state index is 0.343. The molecule has 122 valence electrons. The van der Waals surface area contributed by atoms with Gasteiger partial charge in [-0.15, -0.1) is 0 Å². The Balaban J connectivity index is 1.62. The molecule has 2 heterocycles. The number of hydrogen-bond donors (Lipinski definition) is 2. The van der Waals surface area contributed by atoms with E-state index in [0.717, 1.165) is 11.9 Å². The summed E-state index contributed by atoms with van der Waals surface area (Å²) in [7, 11) is 0. The number of halogens is 1. The predicted octanol–water partition coefficient (Wildman–Crippen LogP) is 4.38. The van der Waals surface area contributed by atoms with Crippen LogP contribution < -0.4 is 5.32 Å². The van der Waals surface area contributed by atoms with E-state index in [1.807, 2.05) is 24.4 Å². The highest BCUT2D eigenvalue weighted by Crippen LogP contribution is 2.26. The number of fused-ring (bicyclic) bond motifs is 2. The van der Waals surface area contributed by atoms with Gasteiger partial charge in [0.2, 0.25) is 0 Å². The van der Waals surface area contributed by atoms with Gasteiger partial charge >= 0.3 is 0 Å². The van der Waals surface area contributed by atoms with Crippen molar-refractivity contribution in [3.8, 4) is 6.07 Å². The average Bonchev–Trinajstić information content (AvgIpc) is 3.05. The quantitative estimate of drug-likeness (QED) is 0.583. The van der Waals surface area contributed by atoms with Gasteiger partial charge in [0.15, 0.2) is 0 Å². The fourth-order valence-corrected chi connectivity index (χ4v) is 3.10. The Hall–Kier alpha value is -3.39. The molecule has 0 bridgehead atoms. The molecule has 0 amide bonds. The van der Waals surface area contributed by atoms with Crippen LogP contribution in [0.1, 0.15) is 11.1 Å². The van der Waals surface area contributed by atoms with E-state index in [4.69, 9.17) is 0 Å². The Morgan fingerprint density at radius 1 is 1.16 bits per heavy atom. The van der Waals surface area contributed by atoms with Crippen LogP contribution in [-0.2, 0) is 6.42 Å². The molecule has 0 unspecified atom stereocenters. The maximum atomic E-state index is 13.6. The highest BCUT2D eigenvalue weighted by molar-refractivity contribution is 5.94. The second kappa shape index (κ2) is 6.25. The maximum Gasteiger partial charge on any atom is 0.124 e. The minimum atomic E-state index is -0.343. The van der Waals surface area contributed by atoms with Gasteiger partial charge in [-0.1, -0.05) is 18.2 Å².